The van der Waals surface area contributed by atoms with Crippen LogP contribution in [0.5, 0.6) is 0 Å². The van der Waals surface area contributed by atoms with Crippen molar-refractivity contribution in [2.75, 3.05) is 0 Å². The zero-order valence-corrected chi connectivity index (χ0v) is 12.6. The molecule has 0 fully saturated rings. The van der Waals surface area contributed by atoms with E-state index in [1.807, 2.05) is 24.3 Å². The van der Waals surface area contributed by atoms with Gasteiger partial charge in [-0.1, -0.05) is 30.3 Å². The van der Waals surface area contributed by atoms with Gasteiger partial charge in [0.25, 0.3) is 0 Å². The van der Waals surface area contributed by atoms with Crippen LogP contribution in [0.25, 0.3) is 0 Å². The number of carbonyl (C=O) groups is 3. The highest BCUT2D eigenvalue weighted by molar-refractivity contribution is 7.14. The summed E-state index contributed by atoms with van der Waals surface area (Å²) in [6, 6.07) is 13.8. The maximum atomic E-state index is 11.9. The summed E-state index contributed by atoms with van der Waals surface area (Å²) in [7, 11) is 0. The third kappa shape index (κ3) is 4.46. The van der Waals surface area contributed by atoms with E-state index in [2.05, 4.69) is 12.1 Å². The monoisotopic (exact) mass is 300 g/mol. The molecule has 1 aromatic heterocycles. The minimum atomic E-state index is -0.626. The second-order valence-corrected chi connectivity index (χ2v) is 6.00. The molecule has 0 saturated carbocycles. The number of rotatable bonds is 7. The van der Waals surface area contributed by atoms with E-state index in [0.717, 1.165) is 17.7 Å². The van der Waals surface area contributed by atoms with Crippen LogP contribution < -0.4 is 0 Å². The van der Waals surface area contributed by atoms with E-state index in [1.165, 1.54) is 23.8 Å². The zero-order chi connectivity index (χ0) is 15.2. The second-order valence-electron chi connectivity index (χ2n) is 4.83. The minimum absolute atomic E-state index is 0.272. The van der Waals surface area contributed by atoms with Crippen molar-refractivity contribution in [2.24, 2.45) is 0 Å². The molecule has 0 aliphatic heterocycles. The van der Waals surface area contributed by atoms with Crippen molar-refractivity contribution in [3.63, 3.8) is 0 Å². The summed E-state index contributed by atoms with van der Waals surface area (Å²) in [6.07, 6.45) is 1.46. The Kier molecular flexibility index (Phi) is 5.17. The molecule has 0 aliphatic rings. The molecule has 0 radical (unpaired) electrons. The molecule has 4 heteroatoms. The smallest absolute Gasteiger partial charge is 0.205 e. The van der Waals surface area contributed by atoms with Crippen LogP contribution in [0.4, 0.5) is 0 Å². The van der Waals surface area contributed by atoms with Crippen molar-refractivity contribution in [3.8, 4) is 0 Å². The standard InChI is InChI=1S/C17H16O3S/c1-12(18)15(19)11-16(20)17-10-9-14(21-17)8-7-13-5-3-2-4-6-13/h2-6,9-10H,7-8,11H2,1H3. The number of aryl methyl sites for hydroxylation is 2. The summed E-state index contributed by atoms with van der Waals surface area (Å²) < 4.78 is 0. The molecule has 3 nitrogen and oxygen atoms in total. The van der Waals surface area contributed by atoms with E-state index in [1.54, 1.807) is 6.07 Å². The van der Waals surface area contributed by atoms with E-state index in [0.29, 0.717) is 4.88 Å². The zero-order valence-electron chi connectivity index (χ0n) is 11.8. The third-order valence-electron chi connectivity index (χ3n) is 3.15. The first kappa shape index (κ1) is 15.3. The summed E-state index contributed by atoms with van der Waals surface area (Å²) in [5.74, 6) is -1.46. The molecule has 1 aromatic carbocycles. The van der Waals surface area contributed by atoms with Crippen LogP contribution in [0.15, 0.2) is 42.5 Å². The van der Waals surface area contributed by atoms with Gasteiger partial charge in [0.2, 0.25) is 5.78 Å². The molecule has 0 amide bonds. The predicted octanol–water partition coefficient (Wildman–Crippen LogP) is 3.26. The normalized spacial score (nSPS) is 10.3. The third-order valence-corrected chi connectivity index (χ3v) is 4.34. The second kappa shape index (κ2) is 7.09. The summed E-state index contributed by atoms with van der Waals surface area (Å²) >= 11 is 1.40. The van der Waals surface area contributed by atoms with Crippen molar-refractivity contribution >= 4 is 28.7 Å². The molecule has 2 aromatic rings. The highest BCUT2D eigenvalue weighted by Gasteiger charge is 2.16. The molecular formula is C17H16O3S. The van der Waals surface area contributed by atoms with Crippen LogP contribution in [0.2, 0.25) is 0 Å². The molecule has 0 N–H and O–H groups in total. The Hall–Kier alpha value is -2.07. The summed E-state index contributed by atoms with van der Waals surface area (Å²) in [6.45, 7) is 1.19. The topological polar surface area (TPSA) is 51.2 Å². The fraction of sp³-hybridized carbons (Fsp3) is 0.235. The molecule has 0 spiro atoms. The molecule has 0 atom stereocenters. The van der Waals surface area contributed by atoms with Gasteiger partial charge < -0.3 is 0 Å². The van der Waals surface area contributed by atoms with E-state index in [-0.39, 0.29) is 12.2 Å². The Labute approximate surface area is 127 Å². The Bertz CT molecular complexity index is 656. The largest absolute Gasteiger partial charge is 0.293 e. The maximum absolute atomic E-state index is 11.9. The lowest BCUT2D eigenvalue weighted by Crippen LogP contribution is -2.14. The van der Waals surface area contributed by atoms with Crippen LogP contribution in [-0.4, -0.2) is 17.3 Å². The first-order chi connectivity index (χ1) is 10.1. The molecule has 0 saturated heterocycles. The predicted molar refractivity (Wildman–Crippen MR) is 82.8 cm³/mol. The van der Waals surface area contributed by atoms with E-state index >= 15 is 0 Å². The van der Waals surface area contributed by atoms with Gasteiger partial charge in [-0.25, -0.2) is 0 Å². The summed E-state index contributed by atoms with van der Waals surface area (Å²) in [5.41, 5.74) is 1.26. The van der Waals surface area contributed by atoms with Crippen LogP contribution in [0, 0.1) is 0 Å². The van der Waals surface area contributed by atoms with Crippen LogP contribution in [0.3, 0.4) is 0 Å². The molecule has 0 aliphatic carbocycles. The maximum Gasteiger partial charge on any atom is 0.205 e. The lowest BCUT2D eigenvalue weighted by Gasteiger charge is -1.98. The Morgan fingerprint density at radius 1 is 0.952 bits per heavy atom. The number of ketones is 3. The average Bonchev–Trinajstić information content (AvgIpc) is 2.95. The van der Waals surface area contributed by atoms with Crippen LogP contribution >= 0.6 is 11.3 Å². The van der Waals surface area contributed by atoms with Gasteiger partial charge in [-0.15, -0.1) is 11.3 Å². The van der Waals surface area contributed by atoms with Gasteiger partial charge in [0.05, 0.1) is 11.3 Å². The number of Topliss-reactive ketones (excluding diaryl/α,β-unsaturated/α-hetero) is 3. The Morgan fingerprint density at radius 2 is 1.67 bits per heavy atom. The van der Waals surface area contributed by atoms with Gasteiger partial charge in [0, 0.05) is 11.8 Å². The molecule has 21 heavy (non-hydrogen) atoms. The highest BCUT2D eigenvalue weighted by Crippen LogP contribution is 2.20. The SMILES string of the molecule is CC(=O)C(=O)CC(=O)c1ccc(CCc2ccccc2)s1. The van der Waals surface area contributed by atoms with Crippen molar-refractivity contribution in [2.45, 2.75) is 26.2 Å². The number of thiophene rings is 1. The van der Waals surface area contributed by atoms with Gasteiger partial charge in [-0.3, -0.25) is 14.4 Å². The molecule has 1 heterocycles. The highest BCUT2D eigenvalue weighted by atomic mass is 32.1. The number of hydrogen-bond acceptors (Lipinski definition) is 4. The molecule has 0 bridgehead atoms. The van der Waals surface area contributed by atoms with Gasteiger partial charge in [-0.2, -0.15) is 0 Å². The van der Waals surface area contributed by atoms with Crippen LogP contribution in [-0.2, 0) is 22.4 Å². The van der Waals surface area contributed by atoms with E-state index < -0.39 is 11.6 Å². The molecule has 108 valence electrons. The molecule has 0 unspecified atom stereocenters. The van der Waals surface area contributed by atoms with Crippen molar-refractivity contribution < 1.29 is 14.4 Å². The number of benzene rings is 1. The Balaban J connectivity index is 1.93. The van der Waals surface area contributed by atoms with E-state index in [9.17, 15) is 14.4 Å². The van der Waals surface area contributed by atoms with E-state index in [4.69, 9.17) is 0 Å². The Morgan fingerprint density at radius 3 is 2.33 bits per heavy atom. The lowest BCUT2D eigenvalue weighted by atomic mass is 10.1. The lowest BCUT2D eigenvalue weighted by molar-refractivity contribution is -0.134. The summed E-state index contributed by atoms with van der Waals surface area (Å²) in [4.78, 5) is 35.7. The number of carbonyl (C=O) groups excluding carboxylic acids is 3. The first-order valence-corrected chi connectivity index (χ1v) is 7.57. The first-order valence-electron chi connectivity index (χ1n) is 6.76. The van der Waals surface area contributed by atoms with Gasteiger partial charge in [0.15, 0.2) is 11.6 Å². The minimum Gasteiger partial charge on any atom is -0.293 e. The van der Waals surface area contributed by atoms with Crippen LogP contribution in [0.1, 0.15) is 33.5 Å². The quantitative estimate of drug-likeness (QED) is 0.448. The summed E-state index contributed by atoms with van der Waals surface area (Å²) in [5, 5.41) is 0. The fourth-order valence-electron chi connectivity index (χ4n) is 1.93. The van der Waals surface area contributed by atoms with Crippen molar-refractivity contribution in [1.29, 1.82) is 0 Å². The molecule has 2 rings (SSSR count). The van der Waals surface area contributed by atoms with Gasteiger partial charge in [0.1, 0.15) is 0 Å². The van der Waals surface area contributed by atoms with Crippen molar-refractivity contribution in [3.05, 3.63) is 57.8 Å². The average molecular weight is 300 g/mol. The van der Waals surface area contributed by atoms with Gasteiger partial charge >= 0.3 is 0 Å². The van der Waals surface area contributed by atoms with Gasteiger partial charge in [-0.05, 0) is 30.5 Å². The number of hydrogen-bond donors (Lipinski definition) is 0. The molecular weight excluding hydrogens is 284 g/mol. The van der Waals surface area contributed by atoms with Crippen molar-refractivity contribution in [1.82, 2.24) is 0 Å². The fourth-order valence-corrected chi connectivity index (χ4v) is 2.88.